The minimum Gasteiger partial charge on any atom is -0.347 e. The molecular formula is C18H20ClN3OS. The van der Waals surface area contributed by atoms with Gasteiger partial charge in [0.1, 0.15) is 9.88 Å². The molecule has 4 nitrogen and oxygen atoms in total. The molecule has 2 aromatic rings. The molecule has 24 heavy (non-hydrogen) atoms. The number of hydrogen-bond donors (Lipinski definition) is 1. The summed E-state index contributed by atoms with van der Waals surface area (Å²) in [4.78, 5) is 20.2. The van der Waals surface area contributed by atoms with Crippen LogP contribution in [0.2, 0.25) is 5.02 Å². The molecule has 6 heteroatoms. The van der Waals surface area contributed by atoms with Gasteiger partial charge in [-0.2, -0.15) is 0 Å². The molecule has 5 rings (SSSR count). The third kappa shape index (κ3) is 2.85. The zero-order valence-corrected chi connectivity index (χ0v) is 15.1. The van der Waals surface area contributed by atoms with Gasteiger partial charge >= 0.3 is 0 Å². The van der Waals surface area contributed by atoms with Crippen molar-refractivity contribution in [3.8, 4) is 10.6 Å². The fraction of sp³-hybridized carbons (Fsp3) is 0.444. The van der Waals surface area contributed by atoms with Crippen LogP contribution in [0.3, 0.4) is 0 Å². The Morgan fingerprint density at radius 3 is 2.79 bits per heavy atom. The van der Waals surface area contributed by atoms with E-state index in [0.29, 0.717) is 21.9 Å². The molecular weight excluding hydrogens is 342 g/mol. The number of rotatable bonds is 3. The normalized spacial score (nSPS) is 28.8. The van der Waals surface area contributed by atoms with Crippen LogP contribution in [0.1, 0.15) is 29.4 Å². The van der Waals surface area contributed by atoms with Crippen LogP contribution in [0.15, 0.2) is 30.5 Å². The van der Waals surface area contributed by atoms with Crippen molar-refractivity contribution in [1.29, 1.82) is 0 Å². The first-order valence-electron chi connectivity index (χ1n) is 8.39. The van der Waals surface area contributed by atoms with Gasteiger partial charge in [-0.05, 0) is 44.8 Å². The van der Waals surface area contributed by atoms with Crippen LogP contribution in [0, 0.1) is 5.92 Å². The quantitative estimate of drug-likeness (QED) is 0.907. The fourth-order valence-corrected chi connectivity index (χ4v) is 5.05. The molecule has 2 unspecified atom stereocenters. The summed E-state index contributed by atoms with van der Waals surface area (Å²) in [5.74, 6) is 0.585. The molecule has 4 heterocycles. The average molecular weight is 362 g/mol. The van der Waals surface area contributed by atoms with E-state index in [-0.39, 0.29) is 11.9 Å². The molecule has 3 saturated heterocycles. The Labute approximate surface area is 150 Å². The van der Waals surface area contributed by atoms with Crippen LogP contribution < -0.4 is 5.32 Å². The highest BCUT2D eigenvalue weighted by molar-refractivity contribution is 7.17. The number of aromatic nitrogens is 1. The number of fused-ring (bicyclic) bond motifs is 3. The van der Waals surface area contributed by atoms with Crippen LogP contribution in [0.25, 0.3) is 10.6 Å². The summed E-state index contributed by atoms with van der Waals surface area (Å²) < 4.78 is 0. The number of amides is 1. The largest absolute Gasteiger partial charge is 0.347 e. The first-order valence-corrected chi connectivity index (χ1v) is 9.58. The lowest BCUT2D eigenvalue weighted by molar-refractivity contribution is 0.0218. The Hall–Kier alpha value is -1.43. The second-order valence-electron chi connectivity index (χ2n) is 6.62. The van der Waals surface area contributed by atoms with E-state index >= 15 is 0 Å². The Morgan fingerprint density at radius 2 is 2.08 bits per heavy atom. The minimum absolute atomic E-state index is 0.0172. The van der Waals surface area contributed by atoms with E-state index in [2.05, 4.69) is 22.1 Å². The van der Waals surface area contributed by atoms with Crippen LogP contribution in [-0.4, -0.2) is 41.0 Å². The van der Waals surface area contributed by atoms with Gasteiger partial charge in [-0.3, -0.25) is 9.69 Å². The van der Waals surface area contributed by atoms with Crippen molar-refractivity contribution in [2.75, 3.05) is 13.1 Å². The van der Waals surface area contributed by atoms with Crippen LogP contribution in [-0.2, 0) is 0 Å². The summed E-state index contributed by atoms with van der Waals surface area (Å²) >= 11 is 7.62. The molecule has 126 valence electrons. The van der Waals surface area contributed by atoms with E-state index in [9.17, 15) is 4.79 Å². The van der Waals surface area contributed by atoms with Gasteiger partial charge in [-0.1, -0.05) is 29.8 Å². The van der Waals surface area contributed by atoms with Crippen LogP contribution in [0.5, 0.6) is 0 Å². The molecule has 1 N–H and O–H groups in total. The van der Waals surface area contributed by atoms with Gasteiger partial charge in [0.15, 0.2) is 0 Å². The number of hydrogen-bond acceptors (Lipinski definition) is 4. The van der Waals surface area contributed by atoms with Crippen molar-refractivity contribution in [2.45, 2.75) is 31.8 Å². The Balaban J connectivity index is 1.51. The number of halogens is 1. The smallest absolute Gasteiger partial charge is 0.263 e. The van der Waals surface area contributed by atoms with Crippen LogP contribution in [0.4, 0.5) is 0 Å². The number of nitrogens with zero attached hydrogens (tertiary/aromatic N) is 2. The predicted octanol–water partition coefficient (Wildman–Crippen LogP) is 3.68. The number of nitrogens with one attached hydrogen (secondary N) is 1. The summed E-state index contributed by atoms with van der Waals surface area (Å²) in [6.45, 7) is 4.54. The third-order valence-corrected chi connectivity index (χ3v) is 6.67. The lowest BCUT2D eigenvalue weighted by atomic mass is 9.79. The molecule has 0 saturated carbocycles. The molecule has 3 aliphatic heterocycles. The van der Waals surface area contributed by atoms with Gasteiger partial charge < -0.3 is 5.32 Å². The molecule has 0 spiro atoms. The maximum Gasteiger partial charge on any atom is 0.263 e. The lowest BCUT2D eigenvalue weighted by Gasteiger charge is -2.49. The van der Waals surface area contributed by atoms with Crippen molar-refractivity contribution in [1.82, 2.24) is 15.2 Å². The fourth-order valence-electron chi connectivity index (χ4n) is 3.91. The molecule has 2 atom stereocenters. The van der Waals surface area contributed by atoms with Gasteiger partial charge in [0, 0.05) is 17.6 Å². The first kappa shape index (κ1) is 16.1. The summed E-state index contributed by atoms with van der Waals surface area (Å²) in [5, 5.41) is 4.69. The molecule has 1 aromatic carbocycles. The van der Waals surface area contributed by atoms with Gasteiger partial charge in [0.05, 0.1) is 11.2 Å². The monoisotopic (exact) mass is 361 g/mol. The number of benzene rings is 1. The minimum atomic E-state index is -0.0172. The molecule has 0 radical (unpaired) electrons. The van der Waals surface area contributed by atoms with E-state index in [4.69, 9.17) is 11.6 Å². The summed E-state index contributed by atoms with van der Waals surface area (Å²) in [5.41, 5.74) is 0.874. The van der Waals surface area contributed by atoms with Crippen LogP contribution >= 0.6 is 22.9 Å². The van der Waals surface area contributed by atoms with Gasteiger partial charge in [-0.25, -0.2) is 4.98 Å². The standard InChI is InChI=1S/C18H20ClN3OS/c1-11-16(12-6-8-22(11)9-7-12)21-17(23)15-10-20-18(24-15)13-4-2-3-5-14(13)19/h2-5,10-12,16H,6-9H2,1H3,(H,21,23). The molecule has 0 aliphatic carbocycles. The highest BCUT2D eigenvalue weighted by Gasteiger charge is 2.40. The number of thiazole rings is 1. The highest BCUT2D eigenvalue weighted by Crippen LogP contribution is 2.33. The van der Waals surface area contributed by atoms with E-state index in [1.807, 2.05) is 24.3 Å². The Bertz CT molecular complexity index is 752. The second kappa shape index (κ2) is 6.47. The van der Waals surface area contributed by atoms with E-state index < -0.39 is 0 Å². The van der Waals surface area contributed by atoms with Crippen molar-refractivity contribution in [3.63, 3.8) is 0 Å². The summed E-state index contributed by atoms with van der Waals surface area (Å²) in [6, 6.07) is 8.24. The Morgan fingerprint density at radius 1 is 1.33 bits per heavy atom. The van der Waals surface area contributed by atoms with E-state index in [0.717, 1.165) is 23.7 Å². The third-order valence-electron chi connectivity index (χ3n) is 5.31. The first-order chi connectivity index (χ1) is 11.6. The van der Waals surface area contributed by atoms with E-state index in [1.165, 1.54) is 24.2 Å². The molecule has 2 bridgehead atoms. The SMILES string of the molecule is CC1C(NC(=O)c2cnc(-c3ccccc3Cl)s2)C2CCN1CC2. The maximum atomic E-state index is 12.7. The number of carbonyl (C=O) groups is 1. The zero-order chi connectivity index (χ0) is 16.7. The highest BCUT2D eigenvalue weighted by atomic mass is 35.5. The Kier molecular flexibility index (Phi) is 4.33. The van der Waals surface area contributed by atoms with Crippen molar-refractivity contribution >= 4 is 28.8 Å². The molecule has 1 amide bonds. The topological polar surface area (TPSA) is 45.2 Å². The summed E-state index contributed by atoms with van der Waals surface area (Å²) in [7, 11) is 0. The summed E-state index contributed by atoms with van der Waals surface area (Å²) in [6.07, 6.45) is 4.02. The zero-order valence-electron chi connectivity index (χ0n) is 13.5. The van der Waals surface area contributed by atoms with Crippen molar-refractivity contribution in [2.24, 2.45) is 5.92 Å². The number of piperidine rings is 3. The average Bonchev–Trinajstić information content (AvgIpc) is 3.09. The lowest BCUT2D eigenvalue weighted by Crippen LogP contribution is -2.62. The van der Waals surface area contributed by atoms with Gasteiger partial charge in [0.25, 0.3) is 5.91 Å². The van der Waals surface area contributed by atoms with Gasteiger partial charge in [-0.15, -0.1) is 11.3 Å². The molecule has 3 aliphatic rings. The van der Waals surface area contributed by atoms with E-state index in [1.54, 1.807) is 6.20 Å². The van der Waals surface area contributed by atoms with Crippen molar-refractivity contribution < 1.29 is 4.79 Å². The van der Waals surface area contributed by atoms with Crippen molar-refractivity contribution in [3.05, 3.63) is 40.4 Å². The maximum absolute atomic E-state index is 12.7. The predicted molar refractivity (Wildman–Crippen MR) is 97.6 cm³/mol. The second-order valence-corrected chi connectivity index (χ2v) is 8.06. The number of carbonyl (C=O) groups excluding carboxylic acids is 1. The molecule has 3 fully saturated rings. The molecule has 1 aromatic heterocycles. The van der Waals surface area contributed by atoms with Gasteiger partial charge in [0.2, 0.25) is 0 Å².